The fourth-order valence-electron chi connectivity index (χ4n) is 9.18. The Morgan fingerprint density at radius 3 is 1.49 bits per heavy atom. The number of benzene rings is 9. The minimum atomic E-state index is 0.362. The molecular weight excluding hydrogens is 767 g/mol. The normalized spacial score (nSPS) is 11.6. The van der Waals surface area contributed by atoms with E-state index in [2.05, 4.69) is 220 Å². The van der Waals surface area contributed by atoms with Crippen LogP contribution in [0.3, 0.4) is 0 Å². The maximum Gasteiger partial charge on any atom is 0.0612 e. The maximum absolute atomic E-state index is 8.72. The van der Waals surface area contributed by atoms with E-state index in [1.54, 1.807) is 12.2 Å². The molecule has 0 spiro atoms. The van der Waals surface area contributed by atoms with Crippen molar-refractivity contribution in [3.05, 3.63) is 236 Å². The molecule has 2 heterocycles. The number of aromatic nitrogens is 2. The second kappa shape index (κ2) is 15.8. The summed E-state index contributed by atoms with van der Waals surface area (Å²) in [6.07, 6.45) is 4.46. The van der Waals surface area contributed by atoms with Crippen LogP contribution in [0.1, 0.15) is 5.56 Å². The molecule has 5 heteroatoms. The van der Waals surface area contributed by atoms with E-state index in [4.69, 9.17) is 10.8 Å². The van der Waals surface area contributed by atoms with E-state index in [1.807, 2.05) is 12.1 Å². The summed E-state index contributed by atoms with van der Waals surface area (Å²) in [6, 6.07) is 77.6. The van der Waals surface area contributed by atoms with Gasteiger partial charge in [-0.25, -0.2) is 0 Å². The van der Waals surface area contributed by atoms with Crippen LogP contribution in [0.4, 0.5) is 17.1 Å². The molecule has 0 aliphatic rings. The van der Waals surface area contributed by atoms with Gasteiger partial charge in [-0.2, -0.15) is 0 Å². The fourth-order valence-corrected chi connectivity index (χ4v) is 9.18. The minimum absolute atomic E-state index is 0.362. The molecular formula is C58H41N5. The third-order valence-electron chi connectivity index (χ3n) is 12.1. The van der Waals surface area contributed by atoms with Crippen molar-refractivity contribution in [2.75, 3.05) is 4.90 Å². The SMILES string of the molecule is N=C/C=C\C(=N)c1ccc(-n2c3ccccc3c3cc(-c4ccc5c(c4)c4ccccc4n5-c4ccc(N(c5ccccc5)c5ccccc5)cc4)ccc32)c(-c2ccccc2)c1. The highest BCUT2D eigenvalue weighted by Crippen LogP contribution is 2.41. The molecule has 5 nitrogen and oxygen atoms in total. The zero-order valence-electron chi connectivity index (χ0n) is 34.4. The first kappa shape index (κ1) is 37.5. The monoisotopic (exact) mass is 807 g/mol. The lowest BCUT2D eigenvalue weighted by Crippen LogP contribution is -2.09. The highest BCUT2D eigenvalue weighted by atomic mass is 15.1. The zero-order chi connectivity index (χ0) is 42.3. The third kappa shape index (κ3) is 6.60. The molecule has 9 aromatic carbocycles. The molecule has 11 aromatic rings. The Bertz CT molecular complexity index is 3490. The van der Waals surface area contributed by atoms with Gasteiger partial charge in [0.1, 0.15) is 0 Å². The largest absolute Gasteiger partial charge is 0.311 e. The van der Waals surface area contributed by atoms with E-state index in [0.29, 0.717) is 5.71 Å². The van der Waals surface area contributed by atoms with Crippen LogP contribution in [0, 0.1) is 10.8 Å². The Hall–Kier alpha value is -8.54. The van der Waals surface area contributed by atoms with Gasteiger partial charge in [0.05, 0.1) is 33.5 Å². The van der Waals surface area contributed by atoms with Gasteiger partial charge < -0.3 is 24.9 Å². The van der Waals surface area contributed by atoms with Crippen LogP contribution >= 0.6 is 0 Å². The summed E-state index contributed by atoms with van der Waals surface area (Å²) in [5.41, 5.74) is 15.6. The smallest absolute Gasteiger partial charge is 0.0612 e. The summed E-state index contributed by atoms with van der Waals surface area (Å²) in [4.78, 5) is 2.29. The molecule has 2 N–H and O–H groups in total. The van der Waals surface area contributed by atoms with E-state index >= 15 is 0 Å². The number of para-hydroxylation sites is 4. The molecule has 298 valence electrons. The lowest BCUT2D eigenvalue weighted by Gasteiger charge is -2.25. The summed E-state index contributed by atoms with van der Waals surface area (Å²) in [7, 11) is 0. The Kier molecular flexibility index (Phi) is 9.40. The molecule has 2 aromatic heterocycles. The molecule has 11 rings (SSSR count). The predicted molar refractivity (Wildman–Crippen MR) is 265 cm³/mol. The van der Waals surface area contributed by atoms with E-state index in [-0.39, 0.29) is 0 Å². The van der Waals surface area contributed by atoms with Crippen molar-refractivity contribution in [1.82, 2.24) is 9.13 Å². The summed E-state index contributed by atoms with van der Waals surface area (Å²) < 4.78 is 4.74. The van der Waals surface area contributed by atoms with Gasteiger partial charge in [-0.3, -0.25) is 0 Å². The summed E-state index contributed by atoms with van der Waals surface area (Å²) in [5.74, 6) is 0. The summed E-state index contributed by atoms with van der Waals surface area (Å²) >= 11 is 0. The highest BCUT2D eigenvalue weighted by molar-refractivity contribution is 6.14. The Morgan fingerprint density at radius 2 is 0.905 bits per heavy atom. The lowest BCUT2D eigenvalue weighted by molar-refractivity contribution is 1.17. The number of nitrogens with zero attached hydrogens (tertiary/aromatic N) is 3. The Balaban J connectivity index is 1.02. The molecule has 0 radical (unpaired) electrons. The van der Waals surface area contributed by atoms with Gasteiger partial charge in [-0.05, 0) is 126 Å². The van der Waals surface area contributed by atoms with E-state index < -0.39 is 0 Å². The average molecular weight is 808 g/mol. The second-order valence-electron chi connectivity index (χ2n) is 15.7. The van der Waals surface area contributed by atoms with Crippen molar-refractivity contribution in [3.8, 4) is 33.6 Å². The van der Waals surface area contributed by atoms with E-state index in [0.717, 1.165) is 72.8 Å². The first-order chi connectivity index (χ1) is 31.1. The average Bonchev–Trinajstić information content (AvgIpc) is 3.86. The Morgan fingerprint density at radius 1 is 0.413 bits per heavy atom. The highest BCUT2D eigenvalue weighted by Gasteiger charge is 2.19. The molecule has 0 aliphatic heterocycles. The van der Waals surface area contributed by atoms with Crippen molar-refractivity contribution in [1.29, 1.82) is 10.8 Å². The predicted octanol–water partition coefficient (Wildman–Crippen LogP) is 15.3. The van der Waals surface area contributed by atoms with Gasteiger partial charge in [-0.1, -0.05) is 121 Å². The number of allylic oxidation sites excluding steroid dienone is 2. The van der Waals surface area contributed by atoms with Gasteiger partial charge in [0, 0.05) is 61.6 Å². The molecule has 0 atom stereocenters. The Labute approximate surface area is 365 Å². The van der Waals surface area contributed by atoms with Gasteiger partial charge in [0.2, 0.25) is 0 Å². The van der Waals surface area contributed by atoms with Gasteiger partial charge in [0.15, 0.2) is 0 Å². The quantitative estimate of drug-likeness (QED) is 0.133. The van der Waals surface area contributed by atoms with E-state index in [1.165, 1.54) is 33.3 Å². The number of fused-ring (bicyclic) bond motifs is 6. The van der Waals surface area contributed by atoms with Crippen LogP contribution in [0.2, 0.25) is 0 Å². The van der Waals surface area contributed by atoms with Gasteiger partial charge in [-0.15, -0.1) is 0 Å². The van der Waals surface area contributed by atoms with Crippen molar-refractivity contribution in [2.45, 2.75) is 0 Å². The van der Waals surface area contributed by atoms with Gasteiger partial charge >= 0.3 is 0 Å². The first-order valence-corrected chi connectivity index (χ1v) is 21.2. The number of anilines is 3. The zero-order valence-corrected chi connectivity index (χ0v) is 34.4. The standard InChI is InChI=1S/C58H41N5/c59-36-14-23-53(60)43-28-35-56(50(39-43)40-15-4-1-5-16-40)63-55-25-13-11-22-49(55)52-38-42(27-34-58(52)63)41-26-33-57-51(37-41)48-21-10-12-24-54(48)62(57)47-31-29-46(30-32-47)61(44-17-6-2-7-18-44)45-19-8-3-9-20-45/h1-39,59-60H/b23-14-,59-36?,60-53?. The summed E-state index contributed by atoms with van der Waals surface area (Å²) in [5, 5.41) is 20.9. The first-order valence-electron chi connectivity index (χ1n) is 21.2. The molecule has 63 heavy (non-hydrogen) atoms. The number of hydrogen-bond acceptors (Lipinski definition) is 3. The maximum atomic E-state index is 8.72. The number of rotatable bonds is 10. The van der Waals surface area contributed by atoms with Crippen molar-refractivity contribution in [2.24, 2.45) is 0 Å². The fraction of sp³-hybridized carbons (Fsp3) is 0. The van der Waals surface area contributed by atoms with Crippen LogP contribution in [-0.4, -0.2) is 21.1 Å². The number of hydrogen-bond donors (Lipinski definition) is 2. The van der Waals surface area contributed by atoms with Crippen molar-refractivity contribution >= 4 is 72.6 Å². The molecule has 0 aliphatic carbocycles. The molecule has 0 amide bonds. The van der Waals surface area contributed by atoms with Crippen LogP contribution in [0.15, 0.2) is 231 Å². The van der Waals surface area contributed by atoms with Crippen LogP contribution in [0.5, 0.6) is 0 Å². The third-order valence-corrected chi connectivity index (χ3v) is 12.1. The van der Waals surface area contributed by atoms with Crippen LogP contribution < -0.4 is 4.90 Å². The molecule has 0 saturated heterocycles. The summed E-state index contributed by atoms with van der Waals surface area (Å²) in [6.45, 7) is 0. The van der Waals surface area contributed by atoms with Crippen molar-refractivity contribution < 1.29 is 0 Å². The van der Waals surface area contributed by atoms with Crippen LogP contribution in [0.25, 0.3) is 77.2 Å². The van der Waals surface area contributed by atoms with E-state index in [9.17, 15) is 0 Å². The topological polar surface area (TPSA) is 60.8 Å². The molecule has 0 unspecified atom stereocenters. The molecule has 0 bridgehead atoms. The molecule has 0 fully saturated rings. The number of nitrogens with one attached hydrogen (secondary N) is 2. The van der Waals surface area contributed by atoms with Crippen LogP contribution in [-0.2, 0) is 0 Å². The van der Waals surface area contributed by atoms with Gasteiger partial charge in [0.25, 0.3) is 0 Å². The van der Waals surface area contributed by atoms with Crippen molar-refractivity contribution in [3.63, 3.8) is 0 Å². The second-order valence-corrected chi connectivity index (χ2v) is 15.7. The molecule has 0 saturated carbocycles. The lowest BCUT2D eigenvalue weighted by atomic mass is 9.98. The minimum Gasteiger partial charge on any atom is -0.311 e.